The van der Waals surface area contributed by atoms with Gasteiger partial charge in [-0.05, 0) is 6.07 Å². The summed E-state index contributed by atoms with van der Waals surface area (Å²) in [4.78, 5) is 14.4. The van der Waals surface area contributed by atoms with Gasteiger partial charge in [-0.25, -0.2) is 18.6 Å². The van der Waals surface area contributed by atoms with Gasteiger partial charge in [0.2, 0.25) is 0 Å². The molecule has 112 valence electrons. The smallest absolute Gasteiger partial charge is 0.464 e. The average Bonchev–Trinajstić information content (AvgIpc) is 2.35. The average molecular weight is 300 g/mol. The number of nitrogens with two attached hydrogens (primary N) is 1. The van der Waals surface area contributed by atoms with Gasteiger partial charge in [0.1, 0.15) is 11.4 Å². The molecule has 0 spiro atoms. The molecule has 0 aliphatic rings. The van der Waals surface area contributed by atoms with Crippen molar-refractivity contribution in [2.45, 2.75) is 19.3 Å². The van der Waals surface area contributed by atoms with Crippen LogP contribution in [-0.2, 0) is 11.3 Å². The summed E-state index contributed by atoms with van der Waals surface area (Å²) >= 11 is 0. The fraction of sp³-hybridized carbons (Fsp3) is 0.400. The van der Waals surface area contributed by atoms with Crippen molar-refractivity contribution < 1.29 is 36.2 Å². The van der Waals surface area contributed by atoms with Gasteiger partial charge in [-0.1, -0.05) is 0 Å². The van der Waals surface area contributed by atoms with E-state index in [1.165, 1.54) is 0 Å². The summed E-state index contributed by atoms with van der Waals surface area (Å²) < 4.78 is 69.9. The van der Waals surface area contributed by atoms with E-state index in [4.69, 9.17) is 5.73 Å². The molecular formula is C10H9F5N2O3. The summed E-state index contributed by atoms with van der Waals surface area (Å²) in [6, 6.07) is 0.804. The fourth-order valence-corrected chi connectivity index (χ4v) is 1.35. The molecule has 2 N–H and O–H groups in total. The first-order valence-electron chi connectivity index (χ1n) is 5.05. The van der Waals surface area contributed by atoms with Gasteiger partial charge in [0.15, 0.2) is 5.75 Å². The van der Waals surface area contributed by atoms with Crippen LogP contribution in [0, 0.1) is 0 Å². The Morgan fingerprint density at radius 2 is 2.05 bits per heavy atom. The van der Waals surface area contributed by atoms with Crippen LogP contribution in [0.3, 0.4) is 0 Å². The van der Waals surface area contributed by atoms with Crippen LogP contribution in [-0.4, -0.2) is 24.4 Å². The van der Waals surface area contributed by atoms with E-state index in [2.05, 4.69) is 14.5 Å². The van der Waals surface area contributed by atoms with E-state index in [9.17, 15) is 26.7 Å². The lowest BCUT2D eigenvalue weighted by atomic mass is 10.1. The lowest BCUT2D eigenvalue weighted by Gasteiger charge is -2.16. The van der Waals surface area contributed by atoms with E-state index >= 15 is 0 Å². The lowest BCUT2D eigenvalue weighted by molar-refractivity contribution is -0.275. The van der Waals surface area contributed by atoms with Crippen LogP contribution in [0.4, 0.5) is 22.0 Å². The Kier molecular flexibility index (Phi) is 4.82. The maximum absolute atomic E-state index is 12.8. The first kappa shape index (κ1) is 16.1. The van der Waals surface area contributed by atoms with Crippen LogP contribution < -0.4 is 10.5 Å². The Morgan fingerprint density at radius 1 is 1.45 bits per heavy atom. The number of alkyl halides is 5. The Bertz CT molecular complexity index is 504. The molecule has 5 nitrogen and oxygen atoms in total. The molecule has 0 amide bonds. The maximum Gasteiger partial charge on any atom is 0.573 e. The highest BCUT2D eigenvalue weighted by atomic mass is 19.4. The SMILES string of the molecule is COC(=O)c1cc(CN)c(OC(F)(F)F)c(C(F)F)n1. The number of carbonyl (C=O) groups excluding carboxylic acids is 1. The predicted molar refractivity (Wildman–Crippen MR) is 55.1 cm³/mol. The van der Waals surface area contributed by atoms with Crippen molar-refractivity contribution in [3.8, 4) is 5.75 Å². The van der Waals surface area contributed by atoms with E-state index in [0.717, 1.165) is 13.2 Å². The molecule has 0 unspecified atom stereocenters. The van der Waals surface area contributed by atoms with Crippen LogP contribution in [0.1, 0.15) is 28.2 Å². The number of methoxy groups -OCH3 is 1. The van der Waals surface area contributed by atoms with Gasteiger partial charge in [-0.3, -0.25) is 0 Å². The standard InChI is InChI=1S/C10H9F5N2O3/c1-19-9(18)5-2-4(3-16)7(20-10(13,14)15)6(17-5)8(11)12/h2,8H,3,16H2,1H3. The van der Waals surface area contributed by atoms with Crippen LogP contribution in [0.15, 0.2) is 6.07 Å². The van der Waals surface area contributed by atoms with E-state index in [-0.39, 0.29) is 0 Å². The molecule has 0 atom stereocenters. The van der Waals surface area contributed by atoms with Crippen molar-refractivity contribution in [2.75, 3.05) is 7.11 Å². The lowest BCUT2D eigenvalue weighted by Crippen LogP contribution is -2.21. The van der Waals surface area contributed by atoms with E-state index in [1.807, 2.05) is 0 Å². The molecule has 0 saturated heterocycles. The zero-order chi connectivity index (χ0) is 15.5. The zero-order valence-electron chi connectivity index (χ0n) is 10.0. The highest BCUT2D eigenvalue weighted by Gasteiger charge is 2.35. The number of halogens is 5. The Labute approximate surface area is 109 Å². The molecule has 0 aliphatic carbocycles. The normalized spacial score (nSPS) is 11.6. The Balaban J connectivity index is 3.44. The predicted octanol–water partition coefficient (Wildman–Crippen LogP) is 2.16. The summed E-state index contributed by atoms with van der Waals surface area (Å²) in [5.41, 5.74) is 2.83. The van der Waals surface area contributed by atoms with Gasteiger partial charge in [-0.2, -0.15) is 0 Å². The second-order valence-corrected chi connectivity index (χ2v) is 3.43. The maximum atomic E-state index is 12.8. The van der Waals surface area contributed by atoms with Crippen molar-refractivity contribution in [3.05, 3.63) is 23.0 Å². The third kappa shape index (κ3) is 3.76. The van der Waals surface area contributed by atoms with Crippen molar-refractivity contribution in [3.63, 3.8) is 0 Å². The second-order valence-electron chi connectivity index (χ2n) is 3.43. The molecule has 0 bridgehead atoms. The van der Waals surface area contributed by atoms with Gasteiger partial charge >= 0.3 is 12.3 Å². The van der Waals surface area contributed by atoms with Crippen LogP contribution >= 0.6 is 0 Å². The monoisotopic (exact) mass is 300 g/mol. The third-order valence-electron chi connectivity index (χ3n) is 2.12. The molecule has 0 fully saturated rings. The number of ether oxygens (including phenoxy) is 2. The highest BCUT2D eigenvalue weighted by molar-refractivity contribution is 5.87. The molecule has 1 heterocycles. The van der Waals surface area contributed by atoms with Crippen molar-refractivity contribution in [1.29, 1.82) is 0 Å². The summed E-state index contributed by atoms with van der Waals surface area (Å²) in [7, 11) is 0.967. The molecule has 0 radical (unpaired) electrons. The minimum absolute atomic E-state index is 0.437. The van der Waals surface area contributed by atoms with Crippen molar-refractivity contribution in [2.24, 2.45) is 5.73 Å². The van der Waals surface area contributed by atoms with E-state index in [1.54, 1.807) is 0 Å². The fourth-order valence-electron chi connectivity index (χ4n) is 1.35. The van der Waals surface area contributed by atoms with Gasteiger partial charge in [-0.15, -0.1) is 13.2 Å². The zero-order valence-corrected chi connectivity index (χ0v) is 10.0. The number of aromatic nitrogens is 1. The van der Waals surface area contributed by atoms with Crippen LogP contribution in [0.2, 0.25) is 0 Å². The minimum Gasteiger partial charge on any atom is -0.464 e. The quantitative estimate of drug-likeness (QED) is 0.681. The largest absolute Gasteiger partial charge is 0.573 e. The number of rotatable bonds is 4. The van der Waals surface area contributed by atoms with Gasteiger partial charge in [0, 0.05) is 12.1 Å². The number of hydrogen-bond acceptors (Lipinski definition) is 5. The number of nitrogens with zero attached hydrogens (tertiary/aromatic N) is 1. The number of esters is 1. The Morgan fingerprint density at radius 3 is 2.45 bits per heavy atom. The van der Waals surface area contributed by atoms with Crippen molar-refractivity contribution >= 4 is 5.97 Å². The molecule has 0 aliphatic heterocycles. The number of carbonyl (C=O) groups is 1. The van der Waals surface area contributed by atoms with Crippen LogP contribution in [0.25, 0.3) is 0 Å². The second kappa shape index (κ2) is 5.99. The van der Waals surface area contributed by atoms with Gasteiger partial charge in [0.05, 0.1) is 7.11 Å². The molecule has 1 aromatic rings. The van der Waals surface area contributed by atoms with Gasteiger partial charge < -0.3 is 15.2 Å². The highest BCUT2D eigenvalue weighted by Crippen LogP contribution is 2.35. The minimum atomic E-state index is -5.19. The first-order valence-corrected chi connectivity index (χ1v) is 5.05. The van der Waals surface area contributed by atoms with E-state index < -0.39 is 48.0 Å². The van der Waals surface area contributed by atoms with Gasteiger partial charge in [0.25, 0.3) is 6.43 Å². The molecular weight excluding hydrogens is 291 g/mol. The Hall–Kier alpha value is -1.97. The number of pyridine rings is 1. The number of hydrogen-bond donors (Lipinski definition) is 1. The summed E-state index contributed by atoms with van der Waals surface area (Å²) in [6.07, 6.45) is -8.58. The van der Waals surface area contributed by atoms with Crippen molar-refractivity contribution in [1.82, 2.24) is 4.98 Å². The third-order valence-corrected chi connectivity index (χ3v) is 2.12. The molecule has 0 saturated carbocycles. The first-order chi connectivity index (χ1) is 9.19. The topological polar surface area (TPSA) is 74.4 Å². The summed E-state index contributed by atoms with van der Waals surface area (Å²) in [5.74, 6) is -2.29. The summed E-state index contributed by atoms with van der Waals surface area (Å²) in [5, 5.41) is 0. The summed E-state index contributed by atoms with van der Waals surface area (Å²) in [6.45, 7) is -0.558. The van der Waals surface area contributed by atoms with E-state index in [0.29, 0.717) is 0 Å². The van der Waals surface area contributed by atoms with Crippen LogP contribution in [0.5, 0.6) is 5.75 Å². The molecule has 20 heavy (non-hydrogen) atoms. The molecule has 1 aromatic heterocycles. The molecule has 10 heteroatoms. The molecule has 0 aromatic carbocycles. The molecule has 1 rings (SSSR count).